The molecule has 0 aliphatic rings. The van der Waals surface area contributed by atoms with Crippen LogP contribution >= 0.6 is 0 Å². The van der Waals surface area contributed by atoms with Gasteiger partial charge in [0.05, 0.1) is 82.9 Å². The highest BCUT2D eigenvalue weighted by Crippen LogP contribution is 2.34. The molecule has 0 saturated carbocycles. The molecule has 0 bridgehead atoms. The minimum Gasteiger partial charge on any atom is -0.465 e. The highest BCUT2D eigenvalue weighted by atomic mass is 16.6. The van der Waals surface area contributed by atoms with Crippen molar-refractivity contribution in [3.63, 3.8) is 0 Å². The Kier molecular flexibility index (Phi) is 20.3. The summed E-state index contributed by atoms with van der Waals surface area (Å²) in [5, 5.41) is 12.5. The van der Waals surface area contributed by atoms with Crippen molar-refractivity contribution in [1.82, 2.24) is 9.80 Å². The number of nitro groups is 1. The van der Waals surface area contributed by atoms with Crippen molar-refractivity contribution in [3.8, 4) is 22.3 Å². The van der Waals surface area contributed by atoms with Crippen LogP contribution in [0.5, 0.6) is 0 Å². The lowest BCUT2D eigenvalue weighted by Crippen LogP contribution is -2.39. The van der Waals surface area contributed by atoms with Gasteiger partial charge >= 0.3 is 23.9 Å². The van der Waals surface area contributed by atoms with Crippen molar-refractivity contribution in [3.05, 3.63) is 82.4 Å². The fourth-order valence-electron chi connectivity index (χ4n) is 5.94. The Balaban J connectivity index is 1.89. The van der Waals surface area contributed by atoms with Crippen LogP contribution in [0.15, 0.2) is 66.7 Å². The second-order valence-corrected chi connectivity index (χ2v) is 13.1. The third kappa shape index (κ3) is 15.8. The first-order valence-corrected chi connectivity index (χ1v) is 19.3. The summed E-state index contributed by atoms with van der Waals surface area (Å²) in [4.78, 5) is 66.6. The summed E-state index contributed by atoms with van der Waals surface area (Å²) in [5.74, 6) is -2.18. The van der Waals surface area contributed by atoms with Gasteiger partial charge in [0.1, 0.15) is 6.10 Å². The van der Waals surface area contributed by atoms with Gasteiger partial charge in [0.15, 0.2) is 0 Å². The van der Waals surface area contributed by atoms with E-state index in [1.807, 2.05) is 67.5 Å². The molecule has 3 aromatic carbocycles. The van der Waals surface area contributed by atoms with Gasteiger partial charge in [-0.2, -0.15) is 0 Å². The SMILES string of the molecule is CCOC(=O)CN(CCOCCOC(CN(CC(=O)OCC)CC(=O)OCC)c1cc(-c2ccc(-c3ccc(N(C)C)cc3)cc2)ccc1[N+](=O)[O-])CC(=O)OCC. The molecule has 1 unspecified atom stereocenters. The van der Waals surface area contributed by atoms with Crippen LogP contribution in [-0.4, -0.2) is 138 Å². The minimum absolute atomic E-state index is 0.0311. The Labute approximate surface area is 340 Å². The van der Waals surface area contributed by atoms with Gasteiger partial charge < -0.3 is 33.3 Å². The molecule has 16 nitrogen and oxygen atoms in total. The summed E-state index contributed by atoms with van der Waals surface area (Å²) in [6, 6.07) is 20.7. The zero-order valence-corrected chi connectivity index (χ0v) is 34.3. The zero-order chi connectivity index (χ0) is 42.5. The van der Waals surface area contributed by atoms with E-state index < -0.39 is 34.9 Å². The molecule has 0 aliphatic heterocycles. The molecule has 58 heavy (non-hydrogen) atoms. The molecule has 316 valence electrons. The molecule has 0 N–H and O–H groups in total. The highest BCUT2D eigenvalue weighted by molar-refractivity contribution is 5.76. The quantitative estimate of drug-likeness (QED) is 0.0351. The molecule has 3 rings (SSSR count). The minimum atomic E-state index is -1.02. The number of carbonyl (C=O) groups excluding carboxylic acids is 4. The number of benzene rings is 3. The zero-order valence-electron chi connectivity index (χ0n) is 34.3. The number of esters is 4. The van der Waals surface area contributed by atoms with Crippen LogP contribution in [0.2, 0.25) is 0 Å². The van der Waals surface area contributed by atoms with E-state index >= 15 is 0 Å². The Morgan fingerprint density at radius 3 is 1.48 bits per heavy atom. The predicted molar refractivity (Wildman–Crippen MR) is 217 cm³/mol. The second-order valence-electron chi connectivity index (χ2n) is 13.1. The monoisotopic (exact) mass is 808 g/mol. The number of nitro benzene ring substituents is 1. The van der Waals surface area contributed by atoms with E-state index in [2.05, 4.69) is 0 Å². The number of hydrogen-bond donors (Lipinski definition) is 0. The summed E-state index contributed by atoms with van der Waals surface area (Å²) >= 11 is 0. The fourth-order valence-corrected chi connectivity index (χ4v) is 5.94. The third-order valence-electron chi connectivity index (χ3n) is 8.66. The maximum Gasteiger partial charge on any atom is 0.320 e. The lowest BCUT2D eigenvalue weighted by molar-refractivity contribution is -0.386. The average Bonchev–Trinajstić information content (AvgIpc) is 3.18. The van der Waals surface area contributed by atoms with Crippen LogP contribution in [-0.2, 0) is 47.6 Å². The smallest absolute Gasteiger partial charge is 0.320 e. The first-order valence-electron chi connectivity index (χ1n) is 19.3. The van der Waals surface area contributed by atoms with Crippen LogP contribution < -0.4 is 4.90 Å². The maximum absolute atomic E-state index is 12.6. The Morgan fingerprint density at radius 2 is 1.03 bits per heavy atom. The normalized spacial score (nSPS) is 11.6. The van der Waals surface area contributed by atoms with E-state index in [1.165, 1.54) is 11.0 Å². The molecule has 1 atom stereocenters. The Morgan fingerprint density at radius 1 is 0.603 bits per heavy atom. The van der Waals surface area contributed by atoms with Gasteiger partial charge in [0.25, 0.3) is 5.69 Å². The summed E-state index contributed by atoms with van der Waals surface area (Å²) in [6.45, 7) is 6.61. The number of ether oxygens (including phenoxy) is 6. The second kappa shape index (κ2) is 25.0. The molecule has 0 fully saturated rings. The van der Waals surface area contributed by atoms with Crippen LogP contribution in [0.1, 0.15) is 39.4 Å². The topological polar surface area (TPSA) is 177 Å². The molecule has 0 heterocycles. The first-order chi connectivity index (χ1) is 27.9. The largest absolute Gasteiger partial charge is 0.465 e. The van der Waals surface area contributed by atoms with E-state index in [0.717, 1.165) is 22.4 Å². The van der Waals surface area contributed by atoms with E-state index in [0.29, 0.717) is 5.56 Å². The van der Waals surface area contributed by atoms with Gasteiger partial charge in [-0.25, -0.2) is 0 Å². The average molecular weight is 809 g/mol. The predicted octanol–water partition coefficient (Wildman–Crippen LogP) is 4.93. The maximum atomic E-state index is 12.6. The number of carbonyl (C=O) groups is 4. The number of nitrogens with zero attached hydrogens (tertiary/aromatic N) is 4. The Bertz CT molecular complexity index is 1730. The van der Waals surface area contributed by atoms with Gasteiger partial charge in [-0.3, -0.25) is 39.1 Å². The number of anilines is 1. The molecular formula is C42H56N4O12. The standard InChI is InChI=1S/C42H56N4O12/c1-7-54-39(47)27-44(28-40(48)55-8-2)21-22-53-23-24-58-38(26-45(29-41(49)56-9-3)30-42(50)57-10-4)36-25-34(17-20-37(36)46(51)52)33-13-11-31(12-14-33)32-15-18-35(19-16-32)43(5)6/h11-20,25,38H,7-10,21-24,26-30H2,1-6H3. The van der Waals surface area contributed by atoms with Crippen molar-refractivity contribution in [1.29, 1.82) is 0 Å². The van der Waals surface area contributed by atoms with Crippen molar-refractivity contribution in [2.45, 2.75) is 33.8 Å². The summed E-state index contributed by atoms with van der Waals surface area (Å²) in [7, 11) is 3.96. The van der Waals surface area contributed by atoms with Crippen LogP contribution in [0.4, 0.5) is 11.4 Å². The van der Waals surface area contributed by atoms with Crippen LogP contribution in [0.3, 0.4) is 0 Å². The molecule has 3 aromatic rings. The van der Waals surface area contributed by atoms with Gasteiger partial charge in [-0.15, -0.1) is 0 Å². The molecule has 0 aliphatic carbocycles. The van der Waals surface area contributed by atoms with Gasteiger partial charge in [0.2, 0.25) is 0 Å². The van der Waals surface area contributed by atoms with Crippen molar-refractivity contribution in [2.24, 2.45) is 0 Å². The highest BCUT2D eigenvalue weighted by Gasteiger charge is 2.28. The molecule has 0 aromatic heterocycles. The lowest BCUT2D eigenvalue weighted by Gasteiger charge is -2.27. The van der Waals surface area contributed by atoms with E-state index in [4.69, 9.17) is 28.4 Å². The van der Waals surface area contributed by atoms with Crippen molar-refractivity contribution in [2.75, 3.05) is 105 Å². The number of hydrogen-bond acceptors (Lipinski definition) is 15. The van der Waals surface area contributed by atoms with Crippen LogP contribution in [0.25, 0.3) is 22.3 Å². The summed E-state index contributed by atoms with van der Waals surface area (Å²) in [5.41, 5.74) is 4.60. The third-order valence-corrected chi connectivity index (χ3v) is 8.66. The van der Waals surface area contributed by atoms with Gasteiger partial charge in [0, 0.05) is 38.9 Å². The molecule has 16 heteroatoms. The first kappa shape index (κ1) is 47.0. The van der Waals surface area contributed by atoms with Gasteiger partial charge in [-0.05, 0) is 74.2 Å². The number of rotatable bonds is 26. The van der Waals surface area contributed by atoms with Crippen molar-refractivity contribution >= 4 is 35.3 Å². The van der Waals surface area contributed by atoms with E-state index in [-0.39, 0.29) is 96.8 Å². The molecule has 0 radical (unpaired) electrons. The van der Waals surface area contributed by atoms with E-state index in [9.17, 15) is 29.3 Å². The molecule has 0 amide bonds. The Hall–Kier alpha value is -5.42. The molecule has 0 saturated heterocycles. The van der Waals surface area contributed by atoms with Crippen molar-refractivity contribution < 1.29 is 52.5 Å². The van der Waals surface area contributed by atoms with Gasteiger partial charge in [-0.1, -0.05) is 36.4 Å². The molecule has 0 spiro atoms. The van der Waals surface area contributed by atoms with Crippen LogP contribution in [0, 0.1) is 10.1 Å². The summed E-state index contributed by atoms with van der Waals surface area (Å²) in [6.07, 6.45) is -1.02. The van der Waals surface area contributed by atoms with E-state index in [1.54, 1.807) is 44.7 Å². The lowest BCUT2D eigenvalue weighted by atomic mass is 9.96. The fraction of sp³-hybridized carbons (Fsp3) is 0.476. The summed E-state index contributed by atoms with van der Waals surface area (Å²) < 4.78 is 32.4. The molecular weight excluding hydrogens is 752 g/mol.